The van der Waals surface area contributed by atoms with Gasteiger partial charge in [0.15, 0.2) is 0 Å². The molecule has 0 spiro atoms. The number of benzene rings is 1. The maximum atomic E-state index is 13.1. The third kappa shape index (κ3) is 3.48. The van der Waals surface area contributed by atoms with Crippen molar-refractivity contribution in [2.45, 2.75) is 12.7 Å². The number of amides is 1. The Morgan fingerprint density at radius 2 is 2.00 bits per heavy atom. The van der Waals surface area contributed by atoms with E-state index in [1.807, 2.05) is 0 Å². The lowest BCUT2D eigenvalue weighted by Crippen LogP contribution is -2.36. The molecule has 0 aliphatic rings. The van der Waals surface area contributed by atoms with Crippen molar-refractivity contribution in [2.75, 3.05) is 0 Å². The normalized spacial score (nSPS) is 11.3. The summed E-state index contributed by atoms with van der Waals surface area (Å²) < 4.78 is 49.0. The fourth-order valence-electron chi connectivity index (χ4n) is 0.955. The number of alkyl halides is 3. The maximum absolute atomic E-state index is 13.1. The first-order valence-electron chi connectivity index (χ1n) is 4.09. The van der Waals surface area contributed by atoms with Crippen LogP contribution >= 0.6 is 15.9 Å². The molecular weight excluding hydrogens is 294 g/mol. The lowest BCUT2D eigenvalue weighted by molar-refractivity contribution is -0.173. The van der Waals surface area contributed by atoms with Gasteiger partial charge in [-0.1, -0.05) is 15.9 Å². The summed E-state index contributed by atoms with van der Waals surface area (Å²) in [5.41, 5.74) is -0.0213. The van der Waals surface area contributed by atoms with E-state index in [2.05, 4.69) is 15.9 Å². The lowest BCUT2D eigenvalue weighted by atomic mass is 10.2. The molecule has 0 atom stereocenters. The Hall–Kier alpha value is -1.11. The van der Waals surface area contributed by atoms with Crippen LogP contribution in [0.5, 0.6) is 0 Å². The van der Waals surface area contributed by atoms with Gasteiger partial charge in [0.1, 0.15) is 5.82 Å². The topological polar surface area (TPSA) is 29.1 Å². The Labute approximate surface area is 96.8 Å². The zero-order valence-electron chi connectivity index (χ0n) is 7.74. The van der Waals surface area contributed by atoms with Gasteiger partial charge in [-0.2, -0.15) is 13.2 Å². The monoisotopic (exact) mass is 299 g/mol. The van der Waals surface area contributed by atoms with Crippen molar-refractivity contribution < 1.29 is 22.4 Å². The summed E-state index contributed by atoms with van der Waals surface area (Å²) in [6, 6.07) is 3.80. The minimum Gasteiger partial charge on any atom is -0.344 e. The standard InChI is InChI=1S/C9H6BrF4NO/c10-6-1-2-7(11)5(3-6)4-15-8(16)9(12,13)14/h1-3H,4H2,(H,15,16). The molecule has 0 saturated carbocycles. The molecule has 1 amide bonds. The minimum absolute atomic E-state index is 0.0213. The van der Waals surface area contributed by atoms with Crippen molar-refractivity contribution in [3.05, 3.63) is 34.1 Å². The summed E-state index contributed by atoms with van der Waals surface area (Å²) in [7, 11) is 0. The van der Waals surface area contributed by atoms with Gasteiger partial charge in [0, 0.05) is 16.6 Å². The largest absolute Gasteiger partial charge is 0.471 e. The van der Waals surface area contributed by atoms with E-state index in [9.17, 15) is 22.4 Å². The molecule has 0 bridgehead atoms. The molecule has 16 heavy (non-hydrogen) atoms. The molecule has 88 valence electrons. The fraction of sp³-hybridized carbons (Fsp3) is 0.222. The predicted molar refractivity (Wildman–Crippen MR) is 52.0 cm³/mol. The zero-order chi connectivity index (χ0) is 12.3. The Kier molecular flexibility index (Phi) is 3.90. The molecule has 1 aromatic rings. The van der Waals surface area contributed by atoms with Gasteiger partial charge in [0.25, 0.3) is 0 Å². The summed E-state index contributed by atoms with van der Waals surface area (Å²) in [5, 5.41) is 1.58. The second kappa shape index (κ2) is 4.82. The molecular formula is C9H6BrF4NO. The molecule has 0 unspecified atom stereocenters. The number of rotatable bonds is 2. The quantitative estimate of drug-likeness (QED) is 0.836. The summed E-state index contributed by atoms with van der Waals surface area (Å²) in [5.74, 6) is -2.77. The molecule has 1 N–H and O–H groups in total. The van der Waals surface area contributed by atoms with Crippen molar-refractivity contribution in [3.8, 4) is 0 Å². The first-order valence-corrected chi connectivity index (χ1v) is 4.89. The highest BCUT2D eigenvalue weighted by Gasteiger charge is 2.38. The highest BCUT2D eigenvalue weighted by molar-refractivity contribution is 9.10. The Balaban J connectivity index is 2.68. The molecule has 0 heterocycles. The van der Waals surface area contributed by atoms with E-state index in [0.717, 1.165) is 6.07 Å². The third-order valence-corrected chi connectivity index (χ3v) is 2.20. The van der Waals surface area contributed by atoms with Crippen LogP contribution in [0.25, 0.3) is 0 Å². The first-order chi connectivity index (χ1) is 7.30. The van der Waals surface area contributed by atoms with E-state index in [0.29, 0.717) is 4.47 Å². The average Bonchev–Trinajstić information content (AvgIpc) is 2.17. The molecule has 0 aliphatic heterocycles. The van der Waals surface area contributed by atoms with Crippen molar-refractivity contribution in [3.63, 3.8) is 0 Å². The van der Waals surface area contributed by atoms with E-state index in [1.54, 1.807) is 5.32 Å². The number of halogens is 5. The smallest absolute Gasteiger partial charge is 0.344 e. The summed E-state index contributed by atoms with van der Waals surface area (Å²) in [6.07, 6.45) is -4.96. The molecule has 2 nitrogen and oxygen atoms in total. The second-order valence-electron chi connectivity index (χ2n) is 2.92. The van der Waals surface area contributed by atoms with Crippen LogP contribution in [0.4, 0.5) is 17.6 Å². The Morgan fingerprint density at radius 3 is 2.56 bits per heavy atom. The first kappa shape index (κ1) is 13.0. The van der Waals surface area contributed by atoms with Crippen molar-refractivity contribution in [1.29, 1.82) is 0 Å². The van der Waals surface area contributed by atoms with Gasteiger partial charge < -0.3 is 5.32 Å². The maximum Gasteiger partial charge on any atom is 0.471 e. The van der Waals surface area contributed by atoms with Gasteiger partial charge >= 0.3 is 12.1 Å². The van der Waals surface area contributed by atoms with E-state index >= 15 is 0 Å². The van der Waals surface area contributed by atoms with Gasteiger partial charge in [-0.25, -0.2) is 4.39 Å². The molecule has 1 rings (SSSR count). The van der Waals surface area contributed by atoms with E-state index < -0.39 is 24.4 Å². The van der Waals surface area contributed by atoms with Crippen molar-refractivity contribution in [1.82, 2.24) is 5.32 Å². The van der Waals surface area contributed by atoms with E-state index in [-0.39, 0.29) is 5.56 Å². The van der Waals surface area contributed by atoms with Crippen LogP contribution in [0.15, 0.2) is 22.7 Å². The van der Waals surface area contributed by atoms with Crippen LogP contribution in [0.3, 0.4) is 0 Å². The molecule has 1 aromatic carbocycles. The van der Waals surface area contributed by atoms with Crippen LogP contribution in [0, 0.1) is 5.82 Å². The number of nitrogens with one attached hydrogen (secondary N) is 1. The summed E-state index contributed by atoms with van der Waals surface area (Å²) in [6.45, 7) is -0.510. The van der Waals surface area contributed by atoms with Gasteiger partial charge in [0.05, 0.1) is 0 Å². The Bertz CT molecular complexity index is 405. The summed E-state index contributed by atoms with van der Waals surface area (Å²) in [4.78, 5) is 10.5. The van der Waals surface area contributed by atoms with Gasteiger partial charge in [-0.05, 0) is 18.2 Å². The van der Waals surface area contributed by atoms with Crippen molar-refractivity contribution in [2.24, 2.45) is 0 Å². The number of hydrogen-bond donors (Lipinski definition) is 1. The lowest BCUT2D eigenvalue weighted by Gasteiger charge is -2.08. The van der Waals surface area contributed by atoms with Crippen LogP contribution < -0.4 is 5.32 Å². The fourth-order valence-corrected chi connectivity index (χ4v) is 1.36. The molecule has 0 fully saturated rings. The van der Waals surface area contributed by atoms with E-state index in [4.69, 9.17) is 0 Å². The minimum atomic E-state index is -4.96. The van der Waals surface area contributed by atoms with Gasteiger partial charge in [-0.15, -0.1) is 0 Å². The third-order valence-electron chi connectivity index (χ3n) is 1.70. The highest BCUT2D eigenvalue weighted by Crippen LogP contribution is 2.17. The predicted octanol–water partition coefficient (Wildman–Crippen LogP) is 2.77. The van der Waals surface area contributed by atoms with Gasteiger partial charge in [0.2, 0.25) is 0 Å². The van der Waals surface area contributed by atoms with Crippen LogP contribution in [0.1, 0.15) is 5.56 Å². The molecule has 0 aliphatic carbocycles. The number of hydrogen-bond acceptors (Lipinski definition) is 1. The number of carbonyl (C=O) groups excluding carboxylic acids is 1. The number of carbonyl (C=O) groups is 1. The van der Waals surface area contributed by atoms with Crippen LogP contribution in [0.2, 0.25) is 0 Å². The Morgan fingerprint density at radius 1 is 1.38 bits per heavy atom. The van der Waals surface area contributed by atoms with Crippen molar-refractivity contribution >= 4 is 21.8 Å². The van der Waals surface area contributed by atoms with Crippen LogP contribution in [-0.2, 0) is 11.3 Å². The zero-order valence-corrected chi connectivity index (χ0v) is 9.32. The average molecular weight is 300 g/mol. The second-order valence-corrected chi connectivity index (χ2v) is 3.83. The SMILES string of the molecule is O=C(NCc1cc(Br)ccc1F)C(F)(F)F. The summed E-state index contributed by atoms with van der Waals surface area (Å²) >= 11 is 3.04. The molecule has 0 aromatic heterocycles. The van der Waals surface area contributed by atoms with Gasteiger partial charge in [-0.3, -0.25) is 4.79 Å². The van der Waals surface area contributed by atoms with Crippen LogP contribution in [-0.4, -0.2) is 12.1 Å². The van der Waals surface area contributed by atoms with E-state index in [1.165, 1.54) is 12.1 Å². The molecule has 7 heteroatoms. The molecule has 0 radical (unpaired) electrons. The molecule has 0 saturated heterocycles. The highest BCUT2D eigenvalue weighted by atomic mass is 79.9.